The minimum atomic E-state index is -0.373. The second-order valence-electron chi connectivity index (χ2n) is 5.70. The third-order valence-electron chi connectivity index (χ3n) is 2.77. The second kappa shape index (κ2) is 7.67. The molecule has 0 spiro atoms. The van der Waals surface area contributed by atoms with Crippen molar-refractivity contribution in [2.75, 3.05) is 13.1 Å². The highest BCUT2D eigenvalue weighted by molar-refractivity contribution is 5.78. The molecular weight excluding hydrogens is 216 g/mol. The molecule has 102 valence electrons. The van der Waals surface area contributed by atoms with E-state index in [0.29, 0.717) is 12.5 Å². The van der Waals surface area contributed by atoms with Crippen LogP contribution < -0.4 is 10.6 Å². The predicted octanol–water partition coefficient (Wildman–Crippen LogP) is 1.29. The molecule has 0 aromatic rings. The Morgan fingerprint density at radius 3 is 2.41 bits per heavy atom. The first-order valence-corrected chi connectivity index (χ1v) is 6.46. The highest BCUT2D eigenvalue weighted by Crippen LogP contribution is 2.06. The van der Waals surface area contributed by atoms with E-state index in [1.807, 2.05) is 20.8 Å². The molecule has 3 N–H and O–H groups in total. The fraction of sp³-hybridized carbons (Fsp3) is 0.923. The van der Waals surface area contributed by atoms with Crippen molar-refractivity contribution in [3.63, 3.8) is 0 Å². The van der Waals surface area contributed by atoms with E-state index in [-0.39, 0.29) is 24.1 Å². The Balaban J connectivity index is 3.72. The number of hydrogen-bond donors (Lipinski definition) is 3. The molecule has 4 nitrogen and oxygen atoms in total. The SMILES string of the molecule is CCC(C)(C)NC(=O)CNCC(O)CC(C)C. The van der Waals surface area contributed by atoms with Crippen LogP contribution in [-0.2, 0) is 4.79 Å². The van der Waals surface area contributed by atoms with Gasteiger partial charge in [-0.05, 0) is 32.6 Å². The molecule has 1 unspecified atom stereocenters. The number of carbonyl (C=O) groups is 1. The normalized spacial score (nSPS) is 13.8. The van der Waals surface area contributed by atoms with E-state index in [4.69, 9.17) is 0 Å². The standard InChI is InChI=1S/C13H28N2O2/c1-6-13(4,5)15-12(17)9-14-8-11(16)7-10(2)3/h10-11,14,16H,6-9H2,1-5H3,(H,15,17). The molecule has 0 rings (SSSR count). The Morgan fingerprint density at radius 1 is 1.35 bits per heavy atom. The van der Waals surface area contributed by atoms with Gasteiger partial charge in [-0.1, -0.05) is 20.8 Å². The van der Waals surface area contributed by atoms with Gasteiger partial charge in [0.2, 0.25) is 5.91 Å². The Bertz CT molecular complexity index is 227. The molecule has 0 aromatic carbocycles. The lowest BCUT2D eigenvalue weighted by Crippen LogP contribution is -2.47. The first-order chi connectivity index (χ1) is 7.76. The fourth-order valence-electron chi connectivity index (χ4n) is 1.49. The summed E-state index contributed by atoms with van der Waals surface area (Å²) >= 11 is 0. The number of hydrogen-bond acceptors (Lipinski definition) is 3. The Labute approximate surface area is 105 Å². The smallest absolute Gasteiger partial charge is 0.234 e. The molecule has 1 atom stereocenters. The van der Waals surface area contributed by atoms with Gasteiger partial charge in [0.25, 0.3) is 0 Å². The third kappa shape index (κ3) is 9.12. The molecule has 0 bridgehead atoms. The van der Waals surface area contributed by atoms with Crippen LogP contribution in [0.5, 0.6) is 0 Å². The lowest BCUT2D eigenvalue weighted by atomic mass is 10.0. The van der Waals surface area contributed by atoms with Gasteiger partial charge in [0, 0.05) is 12.1 Å². The maximum absolute atomic E-state index is 11.6. The summed E-state index contributed by atoms with van der Waals surface area (Å²) in [6.07, 6.45) is 1.28. The molecule has 0 heterocycles. The van der Waals surface area contributed by atoms with E-state index >= 15 is 0 Å². The van der Waals surface area contributed by atoms with E-state index in [0.717, 1.165) is 12.8 Å². The quantitative estimate of drug-likeness (QED) is 0.603. The highest BCUT2D eigenvalue weighted by Gasteiger charge is 2.17. The van der Waals surface area contributed by atoms with Gasteiger partial charge in [-0.2, -0.15) is 0 Å². The zero-order valence-corrected chi connectivity index (χ0v) is 11.8. The Morgan fingerprint density at radius 2 is 1.94 bits per heavy atom. The number of carbonyl (C=O) groups excluding carboxylic acids is 1. The first-order valence-electron chi connectivity index (χ1n) is 6.46. The number of rotatable bonds is 8. The summed E-state index contributed by atoms with van der Waals surface area (Å²) in [7, 11) is 0. The summed E-state index contributed by atoms with van der Waals surface area (Å²) in [5.41, 5.74) is -0.157. The number of aliphatic hydroxyl groups excluding tert-OH is 1. The van der Waals surface area contributed by atoms with E-state index in [1.54, 1.807) is 0 Å². The summed E-state index contributed by atoms with van der Waals surface area (Å²) in [6.45, 7) is 10.9. The first kappa shape index (κ1) is 16.4. The van der Waals surface area contributed by atoms with Gasteiger partial charge in [-0.3, -0.25) is 4.79 Å². The summed E-state index contributed by atoms with van der Waals surface area (Å²) in [5, 5.41) is 15.5. The van der Waals surface area contributed by atoms with Gasteiger partial charge >= 0.3 is 0 Å². The van der Waals surface area contributed by atoms with Crippen molar-refractivity contribution in [2.24, 2.45) is 5.92 Å². The second-order valence-corrected chi connectivity index (χ2v) is 5.70. The summed E-state index contributed by atoms with van der Waals surface area (Å²) in [5.74, 6) is 0.452. The molecule has 0 fully saturated rings. The summed E-state index contributed by atoms with van der Waals surface area (Å²) < 4.78 is 0. The van der Waals surface area contributed by atoms with Gasteiger partial charge in [-0.25, -0.2) is 0 Å². The van der Waals surface area contributed by atoms with Gasteiger partial charge in [0.1, 0.15) is 0 Å². The van der Waals surface area contributed by atoms with Crippen molar-refractivity contribution < 1.29 is 9.90 Å². The average molecular weight is 244 g/mol. The van der Waals surface area contributed by atoms with Crippen molar-refractivity contribution in [1.29, 1.82) is 0 Å². The maximum atomic E-state index is 11.6. The molecule has 0 aromatic heterocycles. The van der Waals surface area contributed by atoms with Crippen LogP contribution in [0.3, 0.4) is 0 Å². The number of nitrogens with one attached hydrogen (secondary N) is 2. The largest absolute Gasteiger partial charge is 0.392 e. The minimum absolute atomic E-state index is 0.0198. The Kier molecular flexibility index (Phi) is 7.39. The van der Waals surface area contributed by atoms with Crippen molar-refractivity contribution >= 4 is 5.91 Å². The van der Waals surface area contributed by atoms with Crippen LogP contribution in [0.25, 0.3) is 0 Å². The third-order valence-corrected chi connectivity index (χ3v) is 2.77. The zero-order chi connectivity index (χ0) is 13.5. The van der Waals surface area contributed by atoms with Gasteiger partial charge in [0.15, 0.2) is 0 Å². The van der Waals surface area contributed by atoms with Crippen molar-refractivity contribution in [1.82, 2.24) is 10.6 Å². The molecule has 0 aliphatic rings. The van der Waals surface area contributed by atoms with Crippen LogP contribution in [0.4, 0.5) is 0 Å². The van der Waals surface area contributed by atoms with Crippen molar-refractivity contribution in [3.05, 3.63) is 0 Å². The molecule has 4 heteroatoms. The van der Waals surface area contributed by atoms with E-state index in [2.05, 4.69) is 24.5 Å². The number of amides is 1. The topological polar surface area (TPSA) is 61.4 Å². The molecule has 0 saturated carbocycles. The summed E-state index contributed by atoms with van der Waals surface area (Å²) in [4.78, 5) is 11.6. The van der Waals surface area contributed by atoms with Crippen LogP contribution in [-0.4, -0.2) is 35.7 Å². The van der Waals surface area contributed by atoms with Gasteiger partial charge in [-0.15, -0.1) is 0 Å². The molecule has 0 radical (unpaired) electrons. The summed E-state index contributed by atoms with van der Waals surface area (Å²) in [6, 6.07) is 0. The van der Waals surface area contributed by atoms with E-state index < -0.39 is 0 Å². The monoisotopic (exact) mass is 244 g/mol. The molecule has 0 aliphatic heterocycles. The van der Waals surface area contributed by atoms with Gasteiger partial charge in [0.05, 0.1) is 12.6 Å². The molecule has 0 saturated heterocycles. The van der Waals surface area contributed by atoms with Crippen LogP contribution in [0.15, 0.2) is 0 Å². The molecule has 17 heavy (non-hydrogen) atoms. The lowest BCUT2D eigenvalue weighted by molar-refractivity contribution is -0.121. The lowest BCUT2D eigenvalue weighted by Gasteiger charge is -2.24. The van der Waals surface area contributed by atoms with Crippen LogP contribution >= 0.6 is 0 Å². The number of aliphatic hydroxyl groups is 1. The van der Waals surface area contributed by atoms with Crippen molar-refractivity contribution in [2.45, 2.75) is 59.1 Å². The predicted molar refractivity (Wildman–Crippen MR) is 70.8 cm³/mol. The average Bonchev–Trinajstić information content (AvgIpc) is 2.15. The molecule has 1 amide bonds. The highest BCUT2D eigenvalue weighted by atomic mass is 16.3. The van der Waals surface area contributed by atoms with E-state index in [9.17, 15) is 9.90 Å². The fourth-order valence-corrected chi connectivity index (χ4v) is 1.49. The van der Waals surface area contributed by atoms with E-state index in [1.165, 1.54) is 0 Å². The zero-order valence-electron chi connectivity index (χ0n) is 11.8. The molecule has 0 aliphatic carbocycles. The minimum Gasteiger partial charge on any atom is -0.392 e. The van der Waals surface area contributed by atoms with Crippen molar-refractivity contribution in [3.8, 4) is 0 Å². The van der Waals surface area contributed by atoms with Gasteiger partial charge < -0.3 is 15.7 Å². The van der Waals surface area contributed by atoms with Crippen LogP contribution in [0.1, 0.15) is 47.5 Å². The molecular formula is C13H28N2O2. The van der Waals surface area contributed by atoms with Crippen LogP contribution in [0.2, 0.25) is 0 Å². The Hall–Kier alpha value is -0.610. The maximum Gasteiger partial charge on any atom is 0.234 e. The van der Waals surface area contributed by atoms with Crippen LogP contribution in [0, 0.1) is 5.92 Å².